The van der Waals surface area contributed by atoms with Crippen molar-refractivity contribution in [2.75, 3.05) is 13.6 Å². The molecule has 1 unspecified atom stereocenters. The monoisotopic (exact) mass is 391 g/mol. The maximum atomic E-state index is 6.01. The van der Waals surface area contributed by atoms with Crippen LogP contribution >= 0.6 is 0 Å². The van der Waals surface area contributed by atoms with Crippen molar-refractivity contribution in [3.8, 4) is 5.75 Å². The Bertz CT molecular complexity index is 903. The fourth-order valence-corrected chi connectivity index (χ4v) is 2.95. The topological polar surface area (TPSA) is 63.5 Å². The highest BCUT2D eigenvalue weighted by Gasteiger charge is 2.07. The number of aromatic nitrogens is 2. The summed E-state index contributed by atoms with van der Waals surface area (Å²) in [5, 5.41) is 6.67. The smallest absolute Gasteiger partial charge is 0.191 e. The molecule has 3 aromatic rings. The van der Waals surface area contributed by atoms with Crippen molar-refractivity contribution in [1.82, 2.24) is 20.2 Å². The molecular weight excluding hydrogens is 362 g/mol. The van der Waals surface area contributed by atoms with E-state index in [0.717, 1.165) is 23.8 Å². The van der Waals surface area contributed by atoms with Crippen LogP contribution < -0.4 is 15.4 Å². The molecule has 152 valence electrons. The molecule has 0 aliphatic carbocycles. The van der Waals surface area contributed by atoms with Gasteiger partial charge in [0.05, 0.1) is 12.9 Å². The number of hydrogen-bond acceptors (Lipinski definition) is 3. The van der Waals surface area contributed by atoms with Gasteiger partial charge in [-0.05, 0) is 36.6 Å². The molecule has 6 heteroatoms. The average molecular weight is 392 g/mol. The Morgan fingerprint density at radius 3 is 2.55 bits per heavy atom. The first-order valence-electron chi connectivity index (χ1n) is 9.84. The predicted molar refractivity (Wildman–Crippen MR) is 117 cm³/mol. The summed E-state index contributed by atoms with van der Waals surface area (Å²) in [6, 6.07) is 16.6. The predicted octanol–water partition coefficient (Wildman–Crippen LogP) is 3.37. The lowest BCUT2D eigenvalue weighted by Crippen LogP contribution is -2.41. The molecule has 1 heterocycles. The molecular formula is C23H29N5O. The van der Waals surface area contributed by atoms with Crippen molar-refractivity contribution in [3.05, 3.63) is 83.9 Å². The molecule has 2 N–H and O–H groups in total. The first kappa shape index (κ1) is 20.5. The van der Waals surface area contributed by atoms with Gasteiger partial charge in [-0.1, -0.05) is 42.5 Å². The van der Waals surface area contributed by atoms with E-state index in [2.05, 4.69) is 62.4 Å². The lowest BCUT2D eigenvalue weighted by Gasteiger charge is -2.19. The summed E-state index contributed by atoms with van der Waals surface area (Å²) in [6.45, 7) is 6.30. The fraction of sp³-hybridized carbons (Fsp3) is 0.304. The molecule has 0 saturated heterocycles. The third kappa shape index (κ3) is 6.38. The number of rotatable bonds is 8. The molecule has 0 aliphatic rings. The molecule has 0 radical (unpaired) electrons. The fourth-order valence-electron chi connectivity index (χ4n) is 2.95. The van der Waals surface area contributed by atoms with Crippen LogP contribution in [0.3, 0.4) is 0 Å². The second-order valence-electron chi connectivity index (χ2n) is 7.05. The molecule has 0 amide bonds. The van der Waals surface area contributed by atoms with Gasteiger partial charge in [-0.2, -0.15) is 0 Å². The van der Waals surface area contributed by atoms with Crippen molar-refractivity contribution in [1.29, 1.82) is 0 Å². The Hall–Kier alpha value is -3.28. The lowest BCUT2D eigenvalue weighted by atomic mass is 10.1. The third-order valence-corrected chi connectivity index (χ3v) is 4.61. The van der Waals surface area contributed by atoms with Gasteiger partial charge in [0, 0.05) is 32.5 Å². The Kier molecular flexibility index (Phi) is 7.28. The molecule has 2 aromatic carbocycles. The van der Waals surface area contributed by atoms with Gasteiger partial charge in [-0.15, -0.1) is 0 Å². The number of aliphatic imine (C=N–C) groups is 1. The van der Waals surface area contributed by atoms with E-state index in [0.29, 0.717) is 13.1 Å². The van der Waals surface area contributed by atoms with Gasteiger partial charge in [0.2, 0.25) is 0 Å². The number of ether oxygens (including phenoxy) is 1. The summed E-state index contributed by atoms with van der Waals surface area (Å²) in [5.74, 6) is 1.67. The number of para-hydroxylation sites is 1. The number of nitrogens with zero attached hydrogens (tertiary/aromatic N) is 3. The van der Waals surface area contributed by atoms with Crippen molar-refractivity contribution < 1.29 is 4.74 Å². The summed E-state index contributed by atoms with van der Waals surface area (Å²) in [5.41, 5.74) is 3.58. The number of aryl methyl sites for hydroxylation is 1. The van der Waals surface area contributed by atoms with Crippen LogP contribution in [0, 0.1) is 6.92 Å². The number of nitrogens with one attached hydrogen (secondary N) is 2. The minimum absolute atomic E-state index is 0.0251. The lowest BCUT2D eigenvalue weighted by molar-refractivity contribution is 0.222. The minimum atomic E-state index is 0.0251. The largest absolute Gasteiger partial charge is 0.489 e. The molecule has 1 aromatic heterocycles. The van der Waals surface area contributed by atoms with E-state index in [1.54, 1.807) is 13.2 Å². The normalized spacial score (nSPS) is 12.4. The molecule has 0 bridgehead atoms. The van der Waals surface area contributed by atoms with Crippen molar-refractivity contribution >= 4 is 5.96 Å². The molecule has 0 fully saturated rings. The molecule has 0 spiro atoms. The summed E-state index contributed by atoms with van der Waals surface area (Å²) < 4.78 is 8.06. The van der Waals surface area contributed by atoms with Crippen LogP contribution in [0.4, 0.5) is 0 Å². The zero-order valence-electron chi connectivity index (χ0n) is 17.3. The highest BCUT2D eigenvalue weighted by atomic mass is 16.5. The standard InChI is InChI=1S/C23H29N5O/c1-18-6-4-5-7-22(18)29-19(2)14-26-23(24-3)27-15-20-8-10-21(11-9-20)16-28-13-12-25-17-28/h4-13,17,19H,14-16H2,1-3H3,(H2,24,26,27). The summed E-state index contributed by atoms with van der Waals surface area (Å²) in [7, 11) is 1.77. The van der Waals surface area contributed by atoms with Crippen LogP contribution in [0.25, 0.3) is 0 Å². The van der Waals surface area contributed by atoms with Gasteiger partial charge in [0.15, 0.2) is 5.96 Å². The van der Waals surface area contributed by atoms with Gasteiger partial charge in [-0.25, -0.2) is 4.98 Å². The van der Waals surface area contributed by atoms with Crippen molar-refractivity contribution in [3.63, 3.8) is 0 Å². The Morgan fingerprint density at radius 1 is 1.10 bits per heavy atom. The van der Waals surface area contributed by atoms with Crippen LogP contribution in [-0.2, 0) is 13.1 Å². The molecule has 6 nitrogen and oxygen atoms in total. The van der Waals surface area contributed by atoms with E-state index < -0.39 is 0 Å². The molecule has 0 saturated carbocycles. The van der Waals surface area contributed by atoms with Crippen LogP contribution in [0.5, 0.6) is 5.75 Å². The van der Waals surface area contributed by atoms with Crippen LogP contribution in [0.2, 0.25) is 0 Å². The number of hydrogen-bond donors (Lipinski definition) is 2. The zero-order valence-corrected chi connectivity index (χ0v) is 17.3. The molecule has 3 rings (SSSR count). The van der Waals surface area contributed by atoms with E-state index in [-0.39, 0.29) is 6.10 Å². The maximum Gasteiger partial charge on any atom is 0.191 e. The summed E-state index contributed by atoms with van der Waals surface area (Å²) >= 11 is 0. The van der Waals surface area contributed by atoms with Gasteiger partial charge in [-0.3, -0.25) is 4.99 Å². The van der Waals surface area contributed by atoms with E-state index in [1.807, 2.05) is 37.6 Å². The Labute approximate surface area is 172 Å². The van der Waals surface area contributed by atoms with Crippen molar-refractivity contribution in [2.45, 2.75) is 33.0 Å². The van der Waals surface area contributed by atoms with Gasteiger partial charge < -0.3 is 19.9 Å². The first-order valence-corrected chi connectivity index (χ1v) is 9.84. The number of imidazole rings is 1. The highest BCUT2D eigenvalue weighted by Crippen LogP contribution is 2.17. The second kappa shape index (κ2) is 10.3. The second-order valence-corrected chi connectivity index (χ2v) is 7.05. The quantitative estimate of drug-likeness (QED) is 0.456. The SMILES string of the molecule is CN=C(NCc1ccc(Cn2ccnc2)cc1)NCC(C)Oc1ccccc1C. The number of guanidine groups is 1. The Balaban J connectivity index is 1.43. The Morgan fingerprint density at radius 2 is 1.86 bits per heavy atom. The molecule has 0 aliphatic heterocycles. The van der Waals surface area contributed by atoms with E-state index in [1.165, 1.54) is 11.1 Å². The van der Waals surface area contributed by atoms with Crippen LogP contribution in [0.1, 0.15) is 23.6 Å². The van der Waals surface area contributed by atoms with Crippen LogP contribution in [0.15, 0.2) is 72.2 Å². The highest BCUT2D eigenvalue weighted by molar-refractivity contribution is 5.79. The van der Waals surface area contributed by atoms with Crippen molar-refractivity contribution in [2.24, 2.45) is 4.99 Å². The number of benzene rings is 2. The first-order chi connectivity index (χ1) is 14.1. The maximum absolute atomic E-state index is 6.01. The van der Waals surface area contributed by atoms with E-state index in [9.17, 15) is 0 Å². The molecule has 1 atom stereocenters. The zero-order chi connectivity index (χ0) is 20.5. The summed E-state index contributed by atoms with van der Waals surface area (Å²) in [6.07, 6.45) is 5.62. The van der Waals surface area contributed by atoms with Gasteiger partial charge in [0.1, 0.15) is 11.9 Å². The minimum Gasteiger partial charge on any atom is -0.489 e. The van der Waals surface area contributed by atoms with E-state index in [4.69, 9.17) is 4.74 Å². The van der Waals surface area contributed by atoms with E-state index >= 15 is 0 Å². The summed E-state index contributed by atoms with van der Waals surface area (Å²) in [4.78, 5) is 8.37. The van der Waals surface area contributed by atoms with Gasteiger partial charge in [0.25, 0.3) is 0 Å². The molecule has 29 heavy (non-hydrogen) atoms. The van der Waals surface area contributed by atoms with Crippen LogP contribution in [-0.4, -0.2) is 35.2 Å². The average Bonchev–Trinajstić information content (AvgIpc) is 3.24. The van der Waals surface area contributed by atoms with Gasteiger partial charge >= 0.3 is 0 Å². The third-order valence-electron chi connectivity index (χ3n) is 4.61.